The summed E-state index contributed by atoms with van der Waals surface area (Å²) in [5, 5.41) is 16.0. The minimum absolute atomic E-state index is 0.218. The first-order chi connectivity index (χ1) is 7.60. The van der Waals surface area contributed by atoms with Crippen LogP contribution < -0.4 is 16.4 Å². The zero-order valence-electron chi connectivity index (χ0n) is 11.0. The lowest BCUT2D eigenvalue weighted by atomic mass is 10.0. The Morgan fingerprint density at radius 1 is 1.31 bits per heavy atom. The third kappa shape index (κ3) is 9.09. The highest BCUT2D eigenvalue weighted by Crippen LogP contribution is 2.06. The van der Waals surface area contributed by atoms with Crippen LogP contribution in [0, 0.1) is 0 Å². The molecule has 0 aliphatic carbocycles. The van der Waals surface area contributed by atoms with E-state index in [0.29, 0.717) is 19.1 Å². The van der Waals surface area contributed by atoms with Gasteiger partial charge in [-0.05, 0) is 26.8 Å². The molecule has 0 heterocycles. The van der Waals surface area contributed by atoms with Crippen LogP contribution in [-0.4, -0.2) is 43.4 Å². The molecule has 0 aromatic rings. The Hall–Kier alpha value is -0.160. The molecular formula is C12H29N3O. The summed E-state index contributed by atoms with van der Waals surface area (Å²) >= 11 is 0. The first-order valence-corrected chi connectivity index (χ1v) is 6.41. The number of likely N-dealkylation sites (N-methyl/N-ethyl adjacent to an activating group) is 1. The van der Waals surface area contributed by atoms with E-state index in [-0.39, 0.29) is 12.1 Å². The fraction of sp³-hybridized carbons (Fsp3) is 1.00. The SMILES string of the molecule is CCCCC(CC(C)N)NCC(O)CNC. The predicted octanol–water partition coefficient (Wildman–Crippen LogP) is 0.452. The number of aliphatic hydroxyl groups is 1. The van der Waals surface area contributed by atoms with Gasteiger partial charge in [-0.3, -0.25) is 0 Å². The van der Waals surface area contributed by atoms with Crippen molar-refractivity contribution in [2.24, 2.45) is 5.73 Å². The molecule has 4 heteroatoms. The van der Waals surface area contributed by atoms with Crippen LogP contribution in [0.15, 0.2) is 0 Å². The maximum Gasteiger partial charge on any atom is 0.0788 e. The number of nitrogens with one attached hydrogen (secondary N) is 2. The van der Waals surface area contributed by atoms with E-state index < -0.39 is 0 Å². The topological polar surface area (TPSA) is 70.3 Å². The largest absolute Gasteiger partial charge is 0.390 e. The third-order valence-electron chi connectivity index (χ3n) is 2.64. The lowest BCUT2D eigenvalue weighted by Gasteiger charge is -2.22. The van der Waals surface area contributed by atoms with Crippen LogP contribution in [0.1, 0.15) is 39.5 Å². The van der Waals surface area contributed by atoms with Gasteiger partial charge >= 0.3 is 0 Å². The molecule has 3 unspecified atom stereocenters. The van der Waals surface area contributed by atoms with Gasteiger partial charge in [-0.15, -0.1) is 0 Å². The molecule has 0 amide bonds. The molecule has 98 valence electrons. The van der Waals surface area contributed by atoms with Crippen LogP contribution in [-0.2, 0) is 0 Å². The number of aliphatic hydroxyl groups excluding tert-OH is 1. The second-order valence-corrected chi connectivity index (χ2v) is 4.67. The van der Waals surface area contributed by atoms with Crippen LogP contribution in [0.5, 0.6) is 0 Å². The summed E-state index contributed by atoms with van der Waals surface area (Å²) in [6.07, 6.45) is 4.22. The van der Waals surface area contributed by atoms with Crippen molar-refractivity contribution in [1.82, 2.24) is 10.6 Å². The van der Waals surface area contributed by atoms with Crippen molar-refractivity contribution in [1.29, 1.82) is 0 Å². The Morgan fingerprint density at radius 3 is 2.50 bits per heavy atom. The lowest BCUT2D eigenvalue weighted by molar-refractivity contribution is 0.164. The average molecular weight is 231 g/mol. The smallest absolute Gasteiger partial charge is 0.0788 e. The van der Waals surface area contributed by atoms with Crippen molar-refractivity contribution in [3.63, 3.8) is 0 Å². The number of unbranched alkanes of at least 4 members (excludes halogenated alkanes) is 1. The molecule has 0 aromatic heterocycles. The Labute approximate surface area is 100.0 Å². The molecule has 0 rings (SSSR count). The summed E-state index contributed by atoms with van der Waals surface area (Å²) in [4.78, 5) is 0. The first-order valence-electron chi connectivity index (χ1n) is 6.41. The van der Waals surface area contributed by atoms with Gasteiger partial charge in [0.05, 0.1) is 6.10 Å². The Balaban J connectivity index is 3.80. The van der Waals surface area contributed by atoms with E-state index in [2.05, 4.69) is 17.6 Å². The van der Waals surface area contributed by atoms with Gasteiger partial charge in [-0.2, -0.15) is 0 Å². The molecule has 0 spiro atoms. The average Bonchev–Trinajstić information content (AvgIpc) is 2.22. The summed E-state index contributed by atoms with van der Waals surface area (Å²) < 4.78 is 0. The van der Waals surface area contributed by atoms with E-state index in [1.165, 1.54) is 12.8 Å². The van der Waals surface area contributed by atoms with E-state index in [4.69, 9.17) is 5.73 Å². The van der Waals surface area contributed by atoms with E-state index in [1.54, 1.807) is 0 Å². The number of nitrogens with two attached hydrogens (primary N) is 1. The lowest BCUT2D eigenvalue weighted by Crippen LogP contribution is -2.41. The normalized spacial score (nSPS) is 17.1. The highest BCUT2D eigenvalue weighted by atomic mass is 16.3. The molecule has 0 bridgehead atoms. The molecule has 3 atom stereocenters. The van der Waals surface area contributed by atoms with Gasteiger partial charge in [0.1, 0.15) is 0 Å². The third-order valence-corrected chi connectivity index (χ3v) is 2.64. The van der Waals surface area contributed by atoms with Crippen molar-refractivity contribution in [3.8, 4) is 0 Å². The highest BCUT2D eigenvalue weighted by molar-refractivity contribution is 4.73. The molecule has 0 fully saturated rings. The van der Waals surface area contributed by atoms with Gasteiger partial charge in [-0.1, -0.05) is 19.8 Å². The number of rotatable bonds is 10. The standard InChI is InChI=1S/C12H29N3O/c1-4-5-6-11(7-10(2)13)15-9-12(16)8-14-3/h10-12,14-16H,4-9,13H2,1-3H3. The van der Waals surface area contributed by atoms with Gasteiger partial charge in [-0.25, -0.2) is 0 Å². The number of hydrogen-bond donors (Lipinski definition) is 4. The maximum absolute atomic E-state index is 9.60. The molecule has 0 aromatic carbocycles. The Kier molecular flexibility index (Phi) is 9.92. The van der Waals surface area contributed by atoms with Crippen molar-refractivity contribution >= 4 is 0 Å². The summed E-state index contributed by atoms with van der Waals surface area (Å²) in [7, 11) is 1.85. The van der Waals surface area contributed by atoms with E-state index in [0.717, 1.165) is 12.8 Å². The molecule has 16 heavy (non-hydrogen) atoms. The molecule has 4 nitrogen and oxygen atoms in total. The summed E-state index contributed by atoms with van der Waals surface area (Å²) in [6, 6.07) is 0.655. The molecule has 0 saturated carbocycles. The van der Waals surface area contributed by atoms with Gasteiger partial charge in [0.25, 0.3) is 0 Å². The van der Waals surface area contributed by atoms with Gasteiger partial charge in [0.15, 0.2) is 0 Å². The zero-order chi connectivity index (χ0) is 12.4. The predicted molar refractivity (Wildman–Crippen MR) is 69.5 cm³/mol. The van der Waals surface area contributed by atoms with Crippen molar-refractivity contribution in [2.75, 3.05) is 20.1 Å². The molecule has 0 aliphatic heterocycles. The van der Waals surface area contributed by atoms with Crippen LogP contribution in [0.25, 0.3) is 0 Å². The minimum Gasteiger partial charge on any atom is -0.390 e. The first kappa shape index (κ1) is 15.8. The fourth-order valence-electron chi connectivity index (χ4n) is 1.81. The Bertz CT molecular complexity index is 153. The second-order valence-electron chi connectivity index (χ2n) is 4.67. The van der Waals surface area contributed by atoms with Crippen LogP contribution >= 0.6 is 0 Å². The molecule has 0 aliphatic rings. The number of hydrogen-bond acceptors (Lipinski definition) is 4. The van der Waals surface area contributed by atoms with E-state index in [1.807, 2.05) is 14.0 Å². The highest BCUT2D eigenvalue weighted by Gasteiger charge is 2.11. The minimum atomic E-state index is -0.317. The Morgan fingerprint density at radius 2 is 2.00 bits per heavy atom. The molecule has 5 N–H and O–H groups in total. The molecular weight excluding hydrogens is 202 g/mol. The van der Waals surface area contributed by atoms with Crippen molar-refractivity contribution < 1.29 is 5.11 Å². The van der Waals surface area contributed by atoms with E-state index >= 15 is 0 Å². The van der Waals surface area contributed by atoms with Crippen LogP contribution in [0.3, 0.4) is 0 Å². The second kappa shape index (κ2) is 10.0. The zero-order valence-corrected chi connectivity index (χ0v) is 11.0. The van der Waals surface area contributed by atoms with Gasteiger partial charge < -0.3 is 21.5 Å². The van der Waals surface area contributed by atoms with Gasteiger partial charge in [0.2, 0.25) is 0 Å². The van der Waals surface area contributed by atoms with E-state index in [9.17, 15) is 5.11 Å². The molecule has 0 saturated heterocycles. The van der Waals surface area contributed by atoms with Crippen LogP contribution in [0.4, 0.5) is 0 Å². The quantitative estimate of drug-likeness (QED) is 0.441. The fourth-order valence-corrected chi connectivity index (χ4v) is 1.81. The maximum atomic E-state index is 9.60. The van der Waals surface area contributed by atoms with Gasteiger partial charge in [0, 0.05) is 25.2 Å². The monoisotopic (exact) mass is 231 g/mol. The summed E-state index contributed by atoms with van der Waals surface area (Å²) in [5.41, 5.74) is 5.82. The van der Waals surface area contributed by atoms with Crippen molar-refractivity contribution in [3.05, 3.63) is 0 Å². The summed E-state index contributed by atoms with van der Waals surface area (Å²) in [6.45, 7) is 5.50. The van der Waals surface area contributed by atoms with Crippen LogP contribution in [0.2, 0.25) is 0 Å². The summed E-state index contributed by atoms with van der Waals surface area (Å²) in [5.74, 6) is 0. The molecule has 0 radical (unpaired) electrons. The van der Waals surface area contributed by atoms with Crippen molar-refractivity contribution in [2.45, 2.75) is 57.7 Å².